The van der Waals surface area contributed by atoms with Gasteiger partial charge < -0.3 is 5.73 Å². The van der Waals surface area contributed by atoms with E-state index in [1.165, 1.54) is 11.1 Å². The van der Waals surface area contributed by atoms with Gasteiger partial charge in [0, 0.05) is 11.3 Å². The Kier molecular flexibility index (Phi) is 1.65. The lowest BCUT2D eigenvalue weighted by Gasteiger charge is -2.18. The summed E-state index contributed by atoms with van der Waals surface area (Å²) < 4.78 is 0. The molecule has 62 valence electrons. The number of rotatable bonds is 0. The highest BCUT2D eigenvalue weighted by Gasteiger charge is 2.12. The third-order valence-electron chi connectivity index (χ3n) is 2.48. The van der Waals surface area contributed by atoms with E-state index in [4.69, 9.17) is 5.73 Å². The Morgan fingerprint density at radius 2 is 2.25 bits per heavy atom. The number of allylic oxidation sites excluding steroid dienone is 1. The van der Waals surface area contributed by atoms with E-state index in [-0.39, 0.29) is 0 Å². The lowest BCUT2D eigenvalue weighted by molar-refractivity contribution is 0.772. The summed E-state index contributed by atoms with van der Waals surface area (Å²) in [5.74, 6) is 0.619. The van der Waals surface area contributed by atoms with E-state index in [9.17, 15) is 0 Å². The van der Waals surface area contributed by atoms with Crippen LogP contribution in [0.5, 0.6) is 0 Å². The van der Waals surface area contributed by atoms with Gasteiger partial charge in [-0.2, -0.15) is 0 Å². The van der Waals surface area contributed by atoms with Gasteiger partial charge in [-0.25, -0.2) is 0 Å². The molecule has 2 rings (SSSR count). The quantitative estimate of drug-likeness (QED) is 0.579. The van der Waals surface area contributed by atoms with Gasteiger partial charge in [0.2, 0.25) is 0 Å². The van der Waals surface area contributed by atoms with Crippen molar-refractivity contribution in [1.82, 2.24) is 0 Å². The molecule has 0 heterocycles. The molecule has 0 aliphatic heterocycles. The maximum Gasteiger partial charge on any atom is 0.0390 e. The molecule has 0 amide bonds. The predicted octanol–water partition coefficient (Wildman–Crippen LogP) is 2.79. The molecule has 1 aromatic rings. The molecule has 0 spiro atoms. The van der Waals surface area contributed by atoms with Crippen molar-refractivity contribution in [2.24, 2.45) is 0 Å². The van der Waals surface area contributed by atoms with Crippen LogP contribution in [0.4, 0.5) is 5.69 Å². The summed E-state index contributed by atoms with van der Waals surface area (Å²) in [4.78, 5) is 0. The Bertz CT molecular complexity index is 326. The first-order chi connectivity index (χ1) is 5.79. The van der Waals surface area contributed by atoms with Crippen molar-refractivity contribution in [2.75, 3.05) is 5.73 Å². The molecule has 1 nitrogen and oxygen atoms in total. The fraction of sp³-hybridized carbons (Fsp3) is 0.273. The number of nitrogens with two attached hydrogens (primary N) is 1. The minimum absolute atomic E-state index is 0.619. The van der Waals surface area contributed by atoms with Crippen molar-refractivity contribution in [3.8, 4) is 0 Å². The monoisotopic (exact) mass is 159 g/mol. The number of hydrogen-bond donors (Lipinski definition) is 1. The third-order valence-corrected chi connectivity index (χ3v) is 2.48. The molecule has 1 unspecified atom stereocenters. The van der Waals surface area contributed by atoms with Crippen LogP contribution < -0.4 is 5.73 Å². The van der Waals surface area contributed by atoms with Crippen molar-refractivity contribution >= 4 is 11.8 Å². The average molecular weight is 159 g/mol. The molecule has 1 aliphatic rings. The Morgan fingerprint density at radius 3 is 3.00 bits per heavy atom. The SMILES string of the molecule is CC1CC=Cc2c(N)cccc21. The maximum atomic E-state index is 5.85. The fourth-order valence-electron chi connectivity index (χ4n) is 1.74. The van der Waals surface area contributed by atoms with E-state index in [0.717, 1.165) is 12.1 Å². The van der Waals surface area contributed by atoms with Gasteiger partial charge in [-0.3, -0.25) is 0 Å². The van der Waals surface area contributed by atoms with Crippen molar-refractivity contribution < 1.29 is 0 Å². The van der Waals surface area contributed by atoms with Crippen LogP contribution in [0.1, 0.15) is 30.4 Å². The van der Waals surface area contributed by atoms with Gasteiger partial charge in [0.1, 0.15) is 0 Å². The topological polar surface area (TPSA) is 26.0 Å². The largest absolute Gasteiger partial charge is 0.398 e. The van der Waals surface area contributed by atoms with Gasteiger partial charge in [0.05, 0.1) is 0 Å². The van der Waals surface area contributed by atoms with Crippen LogP contribution in [0, 0.1) is 0 Å². The molecule has 0 saturated carbocycles. The lowest BCUT2D eigenvalue weighted by Crippen LogP contribution is -2.02. The summed E-state index contributed by atoms with van der Waals surface area (Å²) in [6, 6.07) is 6.16. The highest BCUT2D eigenvalue weighted by atomic mass is 14.6. The Balaban J connectivity index is 2.61. The molecule has 1 aromatic carbocycles. The van der Waals surface area contributed by atoms with Crippen molar-refractivity contribution in [1.29, 1.82) is 0 Å². The molecule has 0 saturated heterocycles. The Labute approximate surface area is 72.9 Å². The summed E-state index contributed by atoms with van der Waals surface area (Å²) in [5, 5.41) is 0. The summed E-state index contributed by atoms with van der Waals surface area (Å²) in [6.07, 6.45) is 5.46. The minimum Gasteiger partial charge on any atom is -0.398 e. The van der Waals surface area contributed by atoms with Gasteiger partial charge in [0.25, 0.3) is 0 Å². The first-order valence-electron chi connectivity index (χ1n) is 4.34. The van der Waals surface area contributed by atoms with Crippen LogP contribution in [0.25, 0.3) is 6.08 Å². The molecule has 1 atom stereocenters. The zero-order valence-electron chi connectivity index (χ0n) is 7.25. The number of anilines is 1. The zero-order valence-corrected chi connectivity index (χ0v) is 7.25. The molecule has 0 fully saturated rings. The van der Waals surface area contributed by atoms with E-state index >= 15 is 0 Å². The number of benzene rings is 1. The van der Waals surface area contributed by atoms with Gasteiger partial charge in [0.15, 0.2) is 0 Å². The van der Waals surface area contributed by atoms with Gasteiger partial charge in [-0.15, -0.1) is 0 Å². The van der Waals surface area contributed by atoms with Crippen LogP contribution in [-0.2, 0) is 0 Å². The molecular formula is C11H13N. The van der Waals surface area contributed by atoms with Gasteiger partial charge >= 0.3 is 0 Å². The zero-order chi connectivity index (χ0) is 8.55. The van der Waals surface area contributed by atoms with Crippen LogP contribution in [0.15, 0.2) is 24.3 Å². The van der Waals surface area contributed by atoms with Crippen molar-refractivity contribution in [2.45, 2.75) is 19.3 Å². The lowest BCUT2D eigenvalue weighted by atomic mass is 9.88. The van der Waals surface area contributed by atoms with E-state index in [1.807, 2.05) is 12.1 Å². The minimum atomic E-state index is 0.619. The molecular weight excluding hydrogens is 146 g/mol. The second-order valence-corrected chi connectivity index (χ2v) is 3.39. The van der Waals surface area contributed by atoms with Crippen LogP contribution >= 0.6 is 0 Å². The van der Waals surface area contributed by atoms with Crippen molar-refractivity contribution in [3.63, 3.8) is 0 Å². The summed E-state index contributed by atoms with van der Waals surface area (Å²) in [5.41, 5.74) is 9.36. The summed E-state index contributed by atoms with van der Waals surface area (Å²) >= 11 is 0. The molecule has 0 aromatic heterocycles. The first kappa shape index (κ1) is 7.41. The standard InChI is InChI=1S/C11H13N/c1-8-4-2-6-10-9(8)5-3-7-11(10)12/h2-3,5-8H,4,12H2,1H3. The van der Waals surface area contributed by atoms with Crippen molar-refractivity contribution in [3.05, 3.63) is 35.4 Å². The number of nitrogen functional groups attached to an aromatic ring is 1. The summed E-state index contributed by atoms with van der Waals surface area (Å²) in [7, 11) is 0. The van der Waals surface area contributed by atoms with Crippen LogP contribution in [0.3, 0.4) is 0 Å². The molecule has 0 radical (unpaired) electrons. The predicted molar refractivity (Wildman–Crippen MR) is 52.9 cm³/mol. The average Bonchev–Trinajstić information content (AvgIpc) is 2.07. The summed E-state index contributed by atoms with van der Waals surface area (Å²) in [6.45, 7) is 2.24. The molecule has 2 N–H and O–H groups in total. The van der Waals surface area contributed by atoms with Gasteiger partial charge in [-0.1, -0.05) is 31.2 Å². The van der Waals surface area contributed by atoms with Crippen LogP contribution in [-0.4, -0.2) is 0 Å². The van der Waals surface area contributed by atoms with Crippen LogP contribution in [0.2, 0.25) is 0 Å². The normalized spacial score (nSPS) is 20.6. The Hall–Kier alpha value is -1.24. The smallest absolute Gasteiger partial charge is 0.0390 e. The molecule has 1 heteroatoms. The van der Waals surface area contributed by atoms with E-state index in [2.05, 4.69) is 25.1 Å². The number of fused-ring (bicyclic) bond motifs is 1. The van der Waals surface area contributed by atoms with Gasteiger partial charge in [-0.05, 0) is 24.0 Å². The van der Waals surface area contributed by atoms with E-state index < -0.39 is 0 Å². The second kappa shape index (κ2) is 2.67. The third kappa shape index (κ3) is 1.02. The first-order valence-corrected chi connectivity index (χ1v) is 4.34. The maximum absolute atomic E-state index is 5.85. The molecule has 0 bridgehead atoms. The van der Waals surface area contributed by atoms with E-state index in [1.54, 1.807) is 0 Å². The number of hydrogen-bond acceptors (Lipinski definition) is 1. The molecule has 12 heavy (non-hydrogen) atoms. The molecule has 1 aliphatic carbocycles. The van der Waals surface area contributed by atoms with E-state index in [0.29, 0.717) is 5.92 Å². The highest BCUT2D eigenvalue weighted by molar-refractivity contribution is 5.69. The Morgan fingerprint density at radius 1 is 1.42 bits per heavy atom. The second-order valence-electron chi connectivity index (χ2n) is 3.39. The highest BCUT2D eigenvalue weighted by Crippen LogP contribution is 2.32. The fourth-order valence-corrected chi connectivity index (χ4v) is 1.74.